The molecule has 1 unspecified atom stereocenters. The molecular weight excluding hydrogens is 168 g/mol. The summed E-state index contributed by atoms with van der Waals surface area (Å²) < 4.78 is 9.87. The van der Waals surface area contributed by atoms with Gasteiger partial charge in [0.15, 0.2) is 0 Å². The minimum Gasteiger partial charge on any atom is -0.497 e. The van der Waals surface area contributed by atoms with Gasteiger partial charge in [-0.15, -0.1) is 0 Å². The molecule has 0 spiro atoms. The van der Waals surface area contributed by atoms with Crippen LogP contribution in [0.5, 0.6) is 5.75 Å². The largest absolute Gasteiger partial charge is 0.497 e. The van der Waals surface area contributed by atoms with Crippen LogP contribution in [0, 0.1) is 0 Å². The molecule has 3 nitrogen and oxygen atoms in total. The van der Waals surface area contributed by atoms with Crippen LogP contribution in [0.1, 0.15) is 11.7 Å². The third-order valence-corrected chi connectivity index (χ3v) is 1.80. The Balaban J connectivity index is 2.75. The van der Waals surface area contributed by atoms with Crippen LogP contribution >= 0.6 is 0 Å². The third kappa shape index (κ3) is 2.72. The van der Waals surface area contributed by atoms with Gasteiger partial charge in [0.05, 0.1) is 13.7 Å². The first-order valence-electron chi connectivity index (χ1n) is 4.09. The first-order valence-corrected chi connectivity index (χ1v) is 4.09. The van der Waals surface area contributed by atoms with Gasteiger partial charge in [-0.3, -0.25) is 0 Å². The Kier molecular flexibility index (Phi) is 3.73. The molecule has 0 aliphatic heterocycles. The Morgan fingerprint density at radius 2 is 2.15 bits per heavy atom. The minimum atomic E-state index is -0.583. The van der Waals surface area contributed by atoms with Crippen LogP contribution in [0.15, 0.2) is 24.3 Å². The molecule has 1 atom stereocenters. The molecule has 3 heteroatoms. The molecule has 1 aromatic rings. The fraction of sp³-hybridized carbons (Fsp3) is 0.400. The molecule has 72 valence electrons. The number of aliphatic hydroxyl groups excluding tert-OH is 1. The Hall–Kier alpha value is -1.06. The second kappa shape index (κ2) is 4.84. The van der Waals surface area contributed by atoms with Crippen molar-refractivity contribution in [3.63, 3.8) is 0 Å². The smallest absolute Gasteiger partial charge is 0.119 e. The Labute approximate surface area is 77.9 Å². The van der Waals surface area contributed by atoms with Gasteiger partial charge in [-0.1, -0.05) is 12.1 Å². The van der Waals surface area contributed by atoms with E-state index in [4.69, 9.17) is 9.47 Å². The van der Waals surface area contributed by atoms with Crippen molar-refractivity contribution in [1.29, 1.82) is 0 Å². The van der Waals surface area contributed by atoms with Crippen LogP contribution in [-0.4, -0.2) is 25.9 Å². The van der Waals surface area contributed by atoms with E-state index in [9.17, 15) is 5.11 Å². The Bertz CT molecular complexity index is 260. The fourth-order valence-electron chi connectivity index (χ4n) is 1.10. The van der Waals surface area contributed by atoms with Gasteiger partial charge < -0.3 is 14.6 Å². The van der Waals surface area contributed by atoms with Crippen molar-refractivity contribution in [3.8, 4) is 5.75 Å². The molecule has 0 aliphatic carbocycles. The number of benzene rings is 1. The maximum absolute atomic E-state index is 9.56. The molecule has 0 heterocycles. The summed E-state index contributed by atoms with van der Waals surface area (Å²) >= 11 is 0. The number of hydrogen-bond acceptors (Lipinski definition) is 3. The summed E-state index contributed by atoms with van der Waals surface area (Å²) in [4.78, 5) is 0. The molecule has 0 amide bonds. The van der Waals surface area contributed by atoms with Gasteiger partial charge in [0.1, 0.15) is 11.9 Å². The Morgan fingerprint density at radius 1 is 1.38 bits per heavy atom. The van der Waals surface area contributed by atoms with Crippen molar-refractivity contribution >= 4 is 0 Å². The second-order valence-electron chi connectivity index (χ2n) is 2.75. The predicted octanol–water partition coefficient (Wildman–Crippen LogP) is 1.38. The summed E-state index contributed by atoms with van der Waals surface area (Å²) in [5, 5.41) is 9.56. The molecule has 0 fully saturated rings. The van der Waals surface area contributed by atoms with Crippen molar-refractivity contribution in [2.75, 3.05) is 20.8 Å². The average molecular weight is 182 g/mol. The summed E-state index contributed by atoms with van der Waals surface area (Å²) in [5.41, 5.74) is 0.807. The quantitative estimate of drug-likeness (QED) is 0.764. The van der Waals surface area contributed by atoms with E-state index in [0.29, 0.717) is 6.61 Å². The van der Waals surface area contributed by atoms with Crippen molar-refractivity contribution in [2.24, 2.45) is 0 Å². The highest BCUT2D eigenvalue weighted by atomic mass is 16.5. The zero-order valence-electron chi connectivity index (χ0n) is 7.86. The van der Waals surface area contributed by atoms with Crippen LogP contribution in [0.25, 0.3) is 0 Å². The van der Waals surface area contributed by atoms with E-state index in [0.717, 1.165) is 11.3 Å². The van der Waals surface area contributed by atoms with Crippen LogP contribution in [0.2, 0.25) is 0 Å². The van der Waals surface area contributed by atoms with Crippen molar-refractivity contribution in [3.05, 3.63) is 29.8 Å². The molecule has 13 heavy (non-hydrogen) atoms. The molecule has 1 rings (SSSR count). The zero-order valence-corrected chi connectivity index (χ0v) is 7.86. The van der Waals surface area contributed by atoms with E-state index >= 15 is 0 Å². The summed E-state index contributed by atoms with van der Waals surface area (Å²) in [6.45, 7) is 0.299. The summed E-state index contributed by atoms with van der Waals surface area (Å²) in [5.74, 6) is 0.743. The minimum absolute atomic E-state index is 0.299. The van der Waals surface area contributed by atoms with Crippen molar-refractivity contribution in [1.82, 2.24) is 0 Å². The highest BCUT2D eigenvalue weighted by Gasteiger charge is 2.06. The molecule has 0 aliphatic rings. The van der Waals surface area contributed by atoms with E-state index in [1.807, 2.05) is 18.2 Å². The molecule has 1 aromatic carbocycles. The first kappa shape index (κ1) is 10.0. The second-order valence-corrected chi connectivity index (χ2v) is 2.75. The molecule has 0 radical (unpaired) electrons. The molecule has 0 aromatic heterocycles. The van der Waals surface area contributed by atoms with Crippen LogP contribution in [-0.2, 0) is 4.74 Å². The highest BCUT2D eigenvalue weighted by molar-refractivity contribution is 5.29. The van der Waals surface area contributed by atoms with Gasteiger partial charge in [-0.25, -0.2) is 0 Å². The van der Waals surface area contributed by atoms with Gasteiger partial charge >= 0.3 is 0 Å². The lowest BCUT2D eigenvalue weighted by Gasteiger charge is -2.10. The topological polar surface area (TPSA) is 38.7 Å². The monoisotopic (exact) mass is 182 g/mol. The predicted molar refractivity (Wildman–Crippen MR) is 49.8 cm³/mol. The maximum atomic E-state index is 9.56. The lowest BCUT2D eigenvalue weighted by Crippen LogP contribution is -2.04. The fourth-order valence-corrected chi connectivity index (χ4v) is 1.10. The Morgan fingerprint density at radius 3 is 2.77 bits per heavy atom. The van der Waals surface area contributed by atoms with Gasteiger partial charge in [0, 0.05) is 7.11 Å². The summed E-state index contributed by atoms with van der Waals surface area (Å²) in [7, 11) is 3.16. The van der Waals surface area contributed by atoms with Gasteiger partial charge in [0.2, 0.25) is 0 Å². The summed E-state index contributed by atoms with van der Waals surface area (Å²) in [6, 6.07) is 7.31. The first-order chi connectivity index (χ1) is 6.27. The van der Waals surface area contributed by atoms with Crippen molar-refractivity contribution in [2.45, 2.75) is 6.10 Å². The highest BCUT2D eigenvalue weighted by Crippen LogP contribution is 2.18. The molecule has 1 N–H and O–H groups in total. The molecule has 0 saturated heterocycles. The van der Waals surface area contributed by atoms with E-state index < -0.39 is 6.10 Å². The van der Waals surface area contributed by atoms with Crippen LogP contribution < -0.4 is 4.74 Å². The molecular formula is C10H14O3. The number of methoxy groups -OCH3 is 2. The zero-order chi connectivity index (χ0) is 9.68. The number of hydrogen-bond donors (Lipinski definition) is 1. The third-order valence-electron chi connectivity index (χ3n) is 1.80. The summed E-state index contributed by atoms with van der Waals surface area (Å²) in [6.07, 6.45) is -0.583. The van der Waals surface area contributed by atoms with Gasteiger partial charge in [-0.2, -0.15) is 0 Å². The van der Waals surface area contributed by atoms with E-state index in [1.165, 1.54) is 0 Å². The maximum Gasteiger partial charge on any atom is 0.119 e. The van der Waals surface area contributed by atoms with Gasteiger partial charge in [-0.05, 0) is 17.7 Å². The lowest BCUT2D eigenvalue weighted by atomic mass is 10.1. The average Bonchev–Trinajstić information content (AvgIpc) is 2.18. The van der Waals surface area contributed by atoms with E-state index in [2.05, 4.69) is 0 Å². The SMILES string of the molecule is COCC(O)c1cccc(OC)c1. The van der Waals surface area contributed by atoms with Gasteiger partial charge in [0.25, 0.3) is 0 Å². The lowest BCUT2D eigenvalue weighted by molar-refractivity contribution is 0.0642. The standard InChI is InChI=1S/C10H14O3/c1-12-7-10(11)8-4-3-5-9(6-8)13-2/h3-6,10-11H,7H2,1-2H3. The van der Waals surface area contributed by atoms with Crippen molar-refractivity contribution < 1.29 is 14.6 Å². The molecule has 0 saturated carbocycles. The normalized spacial score (nSPS) is 12.5. The van der Waals surface area contributed by atoms with Crippen LogP contribution in [0.4, 0.5) is 0 Å². The molecule has 0 bridgehead atoms. The number of aliphatic hydroxyl groups is 1. The van der Waals surface area contributed by atoms with E-state index in [-0.39, 0.29) is 0 Å². The van der Waals surface area contributed by atoms with Crippen LogP contribution in [0.3, 0.4) is 0 Å². The number of ether oxygens (including phenoxy) is 2. The van der Waals surface area contributed by atoms with E-state index in [1.54, 1.807) is 20.3 Å². The number of rotatable bonds is 4.